The molecule has 0 saturated carbocycles. The third-order valence-corrected chi connectivity index (χ3v) is 3.37. The molecule has 1 aliphatic heterocycles. The van der Waals surface area contributed by atoms with E-state index in [1.165, 1.54) is 16.8 Å². The van der Waals surface area contributed by atoms with Crippen molar-refractivity contribution in [1.82, 2.24) is 14.4 Å². The molecule has 0 radical (unpaired) electrons. The van der Waals surface area contributed by atoms with Crippen molar-refractivity contribution in [3.63, 3.8) is 0 Å². The van der Waals surface area contributed by atoms with E-state index >= 15 is 0 Å². The van der Waals surface area contributed by atoms with Gasteiger partial charge in [0.05, 0.1) is 12.2 Å². The topological polar surface area (TPSA) is 42.7 Å². The molecule has 5 nitrogen and oxygen atoms in total. The van der Waals surface area contributed by atoms with E-state index in [0.29, 0.717) is 18.9 Å². The Balaban J connectivity index is 2.04. The van der Waals surface area contributed by atoms with E-state index in [2.05, 4.69) is 9.97 Å². The van der Waals surface area contributed by atoms with Crippen LogP contribution in [0.5, 0.6) is 0 Å². The van der Waals surface area contributed by atoms with Crippen LogP contribution in [0.3, 0.4) is 0 Å². The Morgan fingerprint density at radius 1 is 1.24 bits per heavy atom. The second kappa shape index (κ2) is 4.87. The average molecular weight is 300 g/mol. The van der Waals surface area contributed by atoms with Gasteiger partial charge in [-0.3, -0.25) is 0 Å². The lowest BCUT2D eigenvalue weighted by molar-refractivity contribution is -0.140. The van der Waals surface area contributed by atoms with Crippen LogP contribution in [0, 0.1) is 0 Å². The highest BCUT2D eigenvalue weighted by Gasteiger charge is 2.35. The first kappa shape index (κ1) is 14.1. The van der Waals surface area contributed by atoms with Crippen LogP contribution >= 0.6 is 0 Å². The molecule has 1 aliphatic rings. The Bertz CT molecular complexity index is 644. The molecule has 0 spiro atoms. The van der Waals surface area contributed by atoms with Crippen molar-refractivity contribution in [2.24, 2.45) is 0 Å². The Labute approximate surface area is 119 Å². The monoisotopic (exact) mass is 300 g/mol. The van der Waals surface area contributed by atoms with Gasteiger partial charge in [0, 0.05) is 31.7 Å². The Morgan fingerprint density at radius 2 is 1.90 bits per heavy atom. The molecule has 21 heavy (non-hydrogen) atoms. The highest BCUT2D eigenvalue weighted by Crippen LogP contribution is 2.30. The normalized spacial score (nSPS) is 23.8. The summed E-state index contributed by atoms with van der Waals surface area (Å²) in [5, 5.41) is 0. The van der Waals surface area contributed by atoms with Crippen LogP contribution in [0.2, 0.25) is 0 Å². The van der Waals surface area contributed by atoms with Crippen molar-refractivity contribution in [2.45, 2.75) is 32.2 Å². The summed E-state index contributed by atoms with van der Waals surface area (Å²) in [5.74, 6) is 0.454. The van der Waals surface area contributed by atoms with Crippen LogP contribution in [-0.2, 0) is 10.9 Å². The van der Waals surface area contributed by atoms with Gasteiger partial charge in [0.25, 0.3) is 0 Å². The second-order valence-electron chi connectivity index (χ2n) is 5.27. The fourth-order valence-corrected chi connectivity index (χ4v) is 2.62. The molecule has 114 valence electrons. The first-order chi connectivity index (χ1) is 9.84. The highest BCUT2D eigenvalue weighted by molar-refractivity contribution is 5.65. The third-order valence-electron chi connectivity index (χ3n) is 3.37. The third kappa shape index (κ3) is 2.67. The number of ether oxygens (including phenoxy) is 1. The molecule has 0 aliphatic carbocycles. The predicted molar refractivity (Wildman–Crippen MR) is 70.2 cm³/mol. The number of imidazole rings is 1. The first-order valence-electron chi connectivity index (χ1n) is 6.66. The first-order valence-corrected chi connectivity index (χ1v) is 6.66. The highest BCUT2D eigenvalue weighted by atomic mass is 19.4. The summed E-state index contributed by atoms with van der Waals surface area (Å²) in [6.07, 6.45) is -0.549. The van der Waals surface area contributed by atoms with Gasteiger partial charge >= 0.3 is 6.18 Å². The van der Waals surface area contributed by atoms with Gasteiger partial charge in [-0.05, 0) is 13.8 Å². The zero-order chi connectivity index (χ0) is 15.2. The standard InChI is InChI=1S/C13H15F3N4O/c1-8-5-20(6-9(2)21-8)11-12-18-10(13(14,15)16)7-19(12)4-3-17-11/h3-4,7-9H,5-6H2,1-2H3. The summed E-state index contributed by atoms with van der Waals surface area (Å²) < 4.78 is 45.4. The van der Waals surface area contributed by atoms with E-state index in [4.69, 9.17) is 4.74 Å². The SMILES string of the molecule is CC1CN(c2nccn3cc(C(F)(F)F)nc23)CC(C)O1. The number of alkyl halides is 3. The molecule has 1 saturated heterocycles. The van der Waals surface area contributed by atoms with E-state index < -0.39 is 11.9 Å². The second-order valence-corrected chi connectivity index (χ2v) is 5.27. The molecule has 0 amide bonds. The summed E-state index contributed by atoms with van der Waals surface area (Å²) in [7, 11) is 0. The molecule has 8 heteroatoms. The quantitative estimate of drug-likeness (QED) is 0.811. The van der Waals surface area contributed by atoms with Crippen molar-refractivity contribution >= 4 is 11.5 Å². The maximum atomic E-state index is 12.8. The molecule has 3 heterocycles. The molecule has 2 aromatic heterocycles. The van der Waals surface area contributed by atoms with Gasteiger partial charge in [-0.15, -0.1) is 0 Å². The molecule has 3 rings (SSSR count). The summed E-state index contributed by atoms with van der Waals surface area (Å²) in [6, 6.07) is 0. The van der Waals surface area contributed by atoms with Gasteiger partial charge in [-0.25, -0.2) is 9.97 Å². The van der Waals surface area contributed by atoms with Crippen LogP contribution < -0.4 is 4.90 Å². The zero-order valence-electron chi connectivity index (χ0n) is 11.6. The number of morpholine rings is 1. The average Bonchev–Trinajstić information content (AvgIpc) is 2.80. The van der Waals surface area contributed by atoms with Gasteiger partial charge in [0.2, 0.25) is 0 Å². The molecule has 2 aromatic rings. The minimum atomic E-state index is -4.46. The molecule has 0 N–H and O–H groups in total. The number of anilines is 1. The van der Waals surface area contributed by atoms with Crippen molar-refractivity contribution in [3.8, 4) is 0 Å². The van der Waals surface area contributed by atoms with E-state index in [-0.39, 0.29) is 17.9 Å². The summed E-state index contributed by atoms with van der Waals surface area (Å²) >= 11 is 0. The van der Waals surface area contributed by atoms with Crippen molar-refractivity contribution in [2.75, 3.05) is 18.0 Å². The molecular weight excluding hydrogens is 285 g/mol. The minimum absolute atomic E-state index is 0.00662. The lowest BCUT2D eigenvalue weighted by atomic mass is 10.2. The van der Waals surface area contributed by atoms with E-state index in [9.17, 15) is 13.2 Å². The molecule has 2 unspecified atom stereocenters. The van der Waals surface area contributed by atoms with Gasteiger partial charge < -0.3 is 14.0 Å². The Hall–Kier alpha value is -1.83. The fourth-order valence-electron chi connectivity index (χ4n) is 2.62. The molecule has 0 bridgehead atoms. The van der Waals surface area contributed by atoms with Crippen LogP contribution in [0.25, 0.3) is 5.65 Å². The lowest BCUT2D eigenvalue weighted by Gasteiger charge is -2.35. The van der Waals surface area contributed by atoms with Crippen LogP contribution in [0.1, 0.15) is 19.5 Å². The van der Waals surface area contributed by atoms with E-state index in [1.54, 1.807) is 0 Å². The number of hydrogen-bond donors (Lipinski definition) is 0. The number of rotatable bonds is 1. The number of hydrogen-bond acceptors (Lipinski definition) is 4. The largest absolute Gasteiger partial charge is 0.434 e. The lowest BCUT2D eigenvalue weighted by Crippen LogP contribution is -2.46. The molecule has 2 atom stereocenters. The van der Waals surface area contributed by atoms with Gasteiger partial charge in [-0.2, -0.15) is 13.2 Å². The number of halogens is 3. The maximum Gasteiger partial charge on any atom is 0.434 e. The van der Waals surface area contributed by atoms with Gasteiger partial charge in [0.15, 0.2) is 17.2 Å². The van der Waals surface area contributed by atoms with E-state index in [1.807, 2.05) is 18.7 Å². The molecule has 1 fully saturated rings. The fraction of sp³-hybridized carbons (Fsp3) is 0.538. The number of nitrogens with zero attached hydrogens (tertiary/aromatic N) is 4. The zero-order valence-corrected chi connectivity index (χ0v) is 11.6. The van der Waals surface area contributed by atoms with E-state index in [0.717, 1.165) is 6.20 Å². The van der Waals surface area contributed by atoms with Crippen LogP contribution in [0.15, 0.2) is 18.6 Å². The predicted octanol–water partition coefficient (Wildman–Crippen LogP) is 2.36. The maximum absolute atomic E-state index is 12.8. The van der Waals surface area contributed by atoms with Crippen molar-refractivity contribution in [3.05, 3.63) is 24.3 Å². The van der Waals surface area contributed by atoms with Gasteiger partial charge in [0.1, 0.15) is 0 Å². The van der Waals surface area contributed by atoms with Crippen LogP contribution in [0.4, 0.5) is 19.0 Å². The Kier molecular flexibility index (Phi) is 3.27. The summed E-state index contributed by atoms with van der Waals surface area (Å²) in [6.45, 7) is 5.00. The van der Waals surface area contributed by atoms with Crippen molar-refractivity contribution < 1.29 is 17.9 Å². The summed E-state index contributed by atoms with van der Waals surface area (Å²) in [5.41, 5.74) is -0.697. The van der Waals surface area contributed by atoms with Crippen LogP contribution in [-0.4, -0.2) is 39.7 Å². The Morgan fingerprint density at radius 3 is 2.52 bits per heavy atom. The molecular formula is C13H15F3N4O. The minimum Gasteiger partial charge on any atom is -0.372 e. The number of fused-ring (bicyclic) bond motifs is 1. The smallest absolute Gasteiger partial charge is 0.372 e. The molecule has 0 aromatic carbocycles. The van der Waals surface area contributed by atoms with Gasteiger partial charge in [-0.1, -0.05) is 0 Å². The number of aromatic nitrogens is 3. The van der Waals surface area contributed by atoms with Crippen molar-refractivity contribution in [1.29, 1.82) is 0 Å². The summed E-state index contributed by atoms with van der Waals surface area (Å²) in [4.78, 5) is 9.83.